The van der Waals surface area contributed by atoms with Gasteiger partial charge in [-0.05, 0) is 40.8 Å². The molecule has 2 aromatic rings. The zero-order valence-electron chi connectivity index (χ0n) is 19.0. The van der Waals surface area contributed by atoms with Crippen molar-refractivity contribution >= 4 is 11.4 Å². The Kier molecular flexibility index (Phi) is 6.28. The lowest BCUT2D eigenvalue weighted by molar-refractivity contribution is 0.136. The molecule has 0 radical (unpaired) electrons. The Balaban J connectivity index is 1.60. The summed E-state index contributed by atoms with van der Waals surface area (Å²) in [7, 11) is 1.70. The molecular formula is C25H33N5O. The van der Waals surface area contributed by atoms with Crippen molar-refractivity contribution in [3.05, 3.63) is 66.1 Å². The number of methoxy groups -OCH3 is 1. The van der Waals surface area contributed by atoms with Gasteiger partial charge in [0.1, 0.15) is 17.8 Å². The largest absolute Gasteiger partial charge is 0.497 e. The fourth-order valence-electron chi connectivity index (χ4n) is 4.22. The van der Waals surface area contributed by atoms with E-state index in [0.717, 1.165) is 61.0 Å². The summed E-state index contributed by atoms with van der Waals surface area (Å²) in [5, 5.41) is 3.48. The number of aliphatic imine (C=N–C) groups is 1. The number of hydrogen-bond donors (Lipinski definition) is 1. The quantitative estimate of drug-likeness (QED) is 0.817. The second-order valence-electron chi connectivity index (χ2n) is 9.42. The van der Waals surface area contributed by atoms with Crippen molar-refractivity contribution in [3.63, 3.8) is 0 Å². The molecular weight excluding hydrogens is 386 g/mol. The van der Waals surface area contributed by atoms with Crippen molar-refractivity contribution in [1.29, 1.82) is 0 Å². The normalized spacial score (nSPS) is 20.0. The highest BCUT2D eigenvalue weighted by atomic mass is 16.5. The smallest absolute Gasteiger partial charge is 0.146 e. The van der Waals surface area contributed by atoms with E-state index in [0.29, 0.717) is 5.41 Å². The standard InChI is InChI=1S/C25H33N5O/c1-25(2,3)18-29-12-14-30(15-13-29)24-22(20-6-5-7-21(16-20)31-4)17-27-23(28-24)19-8-10-26-11-9-19/h5-11,16-17,23,27H,12-15,18H2,1-4H3. The molecule has 1 fully saturated rings. The molecule has 0 amide bonds. The SMILES string of the molecule is COc1cccc(C2=CNC(c3ccncc3)N=C2N2CCN(CC(C)(C)C)CC2)c1. The van der Waals surface area contributed by atoms with Crippen molar-refractivity contribution in [2.45, 2.75) is 26.9 Å². The number of pyridine rings is 1. The van der Waals surface area contributed by atoms with Crippen LogP contribution in [0.5, 0.6) is 5.75 Å². The topological polar surface area (TPSA) is 53.0 Å². The van der Waals surface area contributed by atoms with E-state index in [-0.39, 0.29) is 6.17 Å². The summed E-state index contributed by atoms with van der Waals surface area (Å²) in [6.45, 7) is 12.1. The van der Waals surface area contributed by atoms with Gasteiger partial charge in [-0.25, -0.2) is 4.99 Å². The van der Waals surface area contributed by atoms with Gasteiger partial charge in [-0.1, -0.05) is 32.9 Å². The van der Waals surface area contributed by atoms with Crippen molar-refractivity contribution in [2.24, 2.45) is 10.4 Å². The summed E-state index contributed by atoms with van der Waals surface area (Å²) >= 11 is 0. The molecule has 3 heterocycles. The number of benzene rings is 1. The van der Waals surface area contributed by atoms with E-state index in [2.05, 4.69) is 59.2 Å². The van der Waals surface area contributed by atoms with Gasteiger partial charge in [-0.15, -0.1) is 0 Å². The molecule has 164 valence electrons. The van der Waals surface area contributed by atoms with Crippen LogP contribution in [0, 0.1) is 5.41 Å². The van der Waals surface area contributed by atoms with Crippen molar-refractivity contribution in [2.75, 3.05) is 39.8 Å². The van der Waals surface area contributed by atoms with Crippen LogP contribution in [0.15, 0.2) is 60.0 Å². The van der Waals surface area contributed by atoms with Crippen LogP contribution in [0.2, 0.25) is 0 Å². The molecule has 1 aromatic carbocycles. The monoisotopic (exact) mass is 419 g/mol. The molecule has 0 saturated carbocycles. The predicted octanol–water partition coefficient (Wildman–Crippen LogP) is 3.80. The van der Waals surface area contributed by atoms with Crippen LogP contribution >= 0.6 is 0 Å². The number of rotatable bonds is 4. The van der Waals surface area contributed by atoms with Crippen LogP contribution in [-0.2, 0) is 0 Å². The number of piperazine rings is 1. The van der Waals surface area contributed by atoms with Gasteiger partial charge in [-0.3, -0.25) is 9.88 Å². The van der Waals surface area contributed by atoms with E-state index in [4.69, 9.17) is 9.73 Å². The number of nitrogens with zero attached hydrogens (tertiary/aromatic N) is 4. The minimum Gasteiger partial charge on any atom is -0.497 e. The molecule has 6 nitrogen and oxygen atoms in total. The molecule has 1 N–H and O–H groups in total. The highest BCUT2D eigenvalue weighted by molar-refractivity contribution is 6.23. The molecule has 2 aliphatic rings. The van der Waals surface area contributed by atoms with Gasteiger partial charge in [0.25, 0.3) is 0 Å². The van der Waals surface area contributed by atoms with Gasteiger partial charge in [0.15, 0.2) is 0 Å². The maximum absolute atomic E-state index is 5.46. The lowest BCUT2D eigenvalue weighted by atomic mass is 9.95. The molecule has 1 aromatic heterocycles. The van der Waals surface area contributed by atoms with Crippen LogP contribution in [-0.4, -0.2) is 60.5 Å². The number of ether oxygens (including phenoxy) is 1. The van der Waals surface area contributed by atoms with Crippen LogP contribution in [0.1, 0.15) is 38.1 Å². The molecule has 0 aliphatic carbocycles. The van der Waals surface area contributed by atoms with E-state index >= 15 is 0 Å². The van der Waals surface area contributed by atoms with Crippen LogP contribution in [0.4, 0.5) is 0 Å². The first-order chi connectivity index (χ1) is 14.9. The number of nitrogens with one attached hydrogen (secondary N) is 1. The average molecular weight is 420 g/mol. The molecule has 6 heteroatoms. The maximum Gasteiger partial charge on any atom is 0.146 e. The summed E-state index contributed by atoms with van der Waals surface area (Å²) in [4.78, 5) is 14.3. The Labute approximate surface area is 185 Å². The zero-order valence-corrected chi connectivity index (χ0v) is 19.0. The van der Waals surface area contributed by atoms with E-state index < -0.39 is 0 Å². The molecule has 0 spiro atoms. The van der Waals surface area contributed by atoms with Crippen molar-refractivity contribution in [3.8, 4) is 5.75 Å². The summed E-state index contributed by atoms with van der Waals surface area (Å²) in [5.74, 6) is 1.90. The first-order valence-electron chi connectivity index (χ1n) is 11.0. The van der Waals surface area contributed by atoms with Gasteiger partial charge in [-0.2, -0.15) is 0 Å². The number of aromatic nitrogens is 1. The summed E-state index contributed by atoms with van der Waals surface area (Å²) in [6.07, 6.45) is 5.63. The van der Waals surface area contributed by atoms with Gasteiger partial charge in [0, 0.05) is 56.9 Å². The third-order valence-corrected chi connectivity index (χ3v) is 5.65. The minimum atomic E-state index is -0.111. The van der Waals surface area contributed by atoms with Crippen LogP contribution in [0.3, 0.4) is 0 Å². The molecule has 1 saturated heterocycles. The van der Waals surface area contributed by atoms with Crippen LogP contribution in [0.25, 0.3) is 5.57 Å². The second-order valence-corrected chi connectivity index (χ2v) is 9.42. The minimum absolute atomic E-state index is 0.111. The molecule has 1 unspecified atom stereocenters. The average Bonchev–Trinajstić information content (AvgIpc) is 2.79. The lowest BCUT2D eigenvalue weighted by Crippen LogP contribution is -2.51. The van der Waals surface area contributed by atoms with Crippen molar-refractivity contribution < 1.29 is 4.74 Å². The Morgan fingerprint density at radius 3 is 2.48 bits per heavy atom. The third-order valence-electron chi connectivity index (χ3n) is 5.65. The Morgan fingerprint density at radius 1 is 1.06 bits per heavy atom. The summed E-state index contributed by atoms with van der Waals surface area (Å²) in [6, 6.07) is 12.2. The second kappa shape index (κ2) is 9.10. The third kappa shape index (κ3) is 5.25. The van der Waals surface area contributed by atoms with Gasteiger partial charge in [0.2, 0.25) is 0 Å². The van der Waals surface area contributed by atoms with E-state index in [9.17, 15) is 0 Å². The molecule has 4 rings (SSSR count). The fourth-order valence-corrected chi connectivity index (χ4v) is 4.22. The summed E-state index contributed by atoms with van der Waals surface area (Å²) < 4.78 is 5.46. The molecule has 31 heavy (non-hydrogen) atoms. The Morgan fingerprint density at radius 2 is 1.81 bits per heavy atom. The first kappa shape index (κ1) is 21.4. The first-order valence-corrected chi connectivity index (χ1v) is 11.0. The zero-order chi connectivity index (χ0) is 21.8. The molecule has 1 atom stereocenters. The van der Waals surface area contributed by atoms with Gasteiger partial charge in [0.05, 0.1) is 7.11 Å². The van der Waals surface area contributed by atoms with Gasteiger partial charge >= 0.3 is 0 Å². The van der Waals surface area contributed by atoms with E-state index in [1.54, 1.807) is 7.11 Å². The highest BCUT2D eigenvalue weighted by Gasteiger charge is 2.28. The van der Waals surface area contributed by atoms with Crippen LogP contribution < -0.4 is 10.1 Å². The lowest BCUT2D eigenvalue weighted by Gasteiger charge is -2.40. The van der Waals surface area contributed by atoms with E-state index in [1.165, 1.54) is 0 Å². The molecule has 0 bridgehead atoms. The fraction of sp³-hybridized carbons (Fsp3) is 0.440. The highest BCUT2D eigenvalue weighted by Crippen LogP contribution is 2.29. The van der Waals surface area contributed by atoms with E-state index in [1.807, 2.05) is 36.7 Å². The number of amidine groups is 1. The predicted molar refractivity (Wildman–Crippen MR) is 126 cm³/mol. The summed E-state index contributed by atoms with van der Waals surface area (Å²) in [5.41, 5.74) is 3.64. The Bertz CT molecular complexity index is 940. The van der Waals surface area contributed by atoms with Crippen molar-refractivity contribution in [1.82, 2.24) is 20.1 Å². The maximum atomic E-state index is 5.46. The Hall–Kier alpha value is -2.86. The molecule has 2 aliphatic heterocycles. The van der Waals surface area contributed by atoms with Gasteiger partial charge < -0.3 is 15.0 Å². The number of hydrogen-bond acceptors (Lipinski definition) is 6.